The fourth-order valence-corrected chi connectivity index (χ4v) is 2.18. The van der Waals surface area contributed by atoms with Gasteiger partial charge in [0, 0.05) is 10.9 Å². The van der Waals surface area contributed by atoms with Crippen molar-refractivity contribution in [1.82, 2.24) is 4.98 Å². The van der Waals surface area contributed by atoms with Crippen LogP contribution in [0.3, 0.4) is 0 Å². The Bertz CT molecular complexity index is 536. The Hall–Kier alpha value is -1.88. The molecule has 0 aliphatic carbocycles. The number of aromatic nitrogens is 1. The number of nitrogens with zero attached hydrogens (tertiary/aromatic N) is 1. The average molecular weight is 249 g/mol. The van der Waals surface area contributed by atoms with E-state index < -0.39 is 5.97 Å². The van der Waals surface area contributed by atoms with Gasteiger partial charge in [-0.3, -0.25) is 0 Å². The van der Waals surface area contributed by atoms with E-state index in [1.807, 2.05) is 31.2 Å². The highest BCUT2D eigenvalue weighted by Gasteiger charge is 2.10. The maximum absolute atomic E-state index is 10.7. The van der Waals surface area contributed by atoms with Crippen LogP contribution in [0.5, 0.6) is 5.75 Å². The van der Waals surface area contributed by atoms with Gasteiger partial charge in [0.15, 0.2) is 5.69 Å². The summed E-state index contributed by atoms with van der Waals surface area (Å²) in [6, 6.07) is 7.46. The van der Waals surface area contributed by atoms with Crippen LogP contribution in [0, 0.1) is 0 Å². The van der Waals surface area contributed by atoms with Gasteiger partial charge in [-0.05, 0) is 19.1 Å². The summed E-state index contributed by atoms with van der Waals surface area (Å²) in [5.41, 5.74) is 0.945. The number of hydrogen-bond donors (Lipinski definition) is 1. The Labute approximate surface area is 103 Å². The molecule has 0 radical (unpaired) electrons. The van der Waals surface area contributed by atoms with E-state index in [0.717, 1.165) is 11.3 Å². The molecule has 0 fully saturated rings. The molecule has 1 aromatic heterocycles. The molecule has 0 unspecified atom stereocenters. The maximum atomic E-state index is 10.7. The number of ether oxygens (including phenoxy) is 1. The zero-order valence-corrected chi connectivity index (χ0v) is 10.0. The molecule has 0 aliphatic heterocycles. The minimum absolute atomic E-state index is 0.0758. The van der Waals surface area contributed by atoms with Gasteiger partial charge >= 0.3 is 5.97 Å². The number of rotatable bonds is 4. The predicted octanol–water partition coefficient (Wildman–Crippen LogP) is 2.91. The number of carbonyl (C=O) groups is 1. The lowest BCUT2D eigenvalue weighted by molar-refractivity contribution is 0.0691. The lowest BCUT2D eigenvalue weighted by Crippen LogP contribution is -1.95. The highest BCUT2D eigenvalue weighted by molar-refractivity contribution is 7.13. The highest BCUT2D eigenvalue weighted by Crippen LogP contribution is 2.26. The van der Waals surface area contributed by atoms with Crippen LogP contribution in [0.1, 0.15) is 17.4 Å². The average Bonchev–Trinajstić information content (AvgIpc) is 2.79. The fourth-order valence-electron chi connectivity index (χ4n) is 1.39. The number of hydrogen-bond acceptors (Lipinski definition) is 4. The molecular formula is C12H11NO3S. The van der Waals surface area contributed by atoms with Crippen LogP contribution in [0.15, 0.2) is 29.6 Å². The summed E-state index contributed by atoms with van der Waals surface area (Å²) in [6.07, 6.45) is 0. The van der Waals surface area contributed by atoms with Crippen molar-refractivity contribution in [3.8, 4) is 16.3 Å². The van der Waals surface area contributed by atoms with Crippen LogP contribution in [-0.4, -0.2) is 22.7 Å². The molecule has 2 aromatic rings. The van der Waals surface area contributed by atoms with Crippen LogP contribution < -0.4 is 4.74 Å². The standard InChI is InChI=1S/C12H11NO3S/c1-2-16-9-5-3-4-8(6-9)11-13-10(7-17-11)12(14)15/h3-7H,2H2,1H3,(H,14,15). The lowest BCUT2D eigenvalue weighted by atomic mass is 10.2. The van der Waals surface area contributed by atoms with Crippen molar-refractivity contribution in [1.29, 1.82) is 0 Å². The second-order valence-corrected chi connectivity index (χ2v) is 4.16. The number of thiazole rings is 1. The second-order valence-electron chi connectivity index (χ2n) is 3.30. The van der Waals surface area contributed by atoms with Crippen molar-refractivity contribution < 1.29 is 14.6 Å². The second kappa shape index (κ2) is 4.97. The largest absolute Gasteiger partial charge is 0.494 e. The summed E-state index contributed by atoms with van der Waals surface area (Å²) in [5.74, 6) is -0.245. The number of aromatic carboxylic acids is 1. The van der Waals surface area contributed by atoms with Crippen molar-refractivity contribution in [3.05, 3.63) is 35.3 Å². The van der Waals surface area contributed by atoms with Crippen LogP contribution in [0.2, 0.25) is 0 Å². The van der Waals surface area contributed by atoms with E-state index in [4.69, 9.17) is 9.84 Å². The summed E-state index contributed by atoms with van der Waals surface area (Å²) in [7, 11) is 0. The summed E-state index contributed by atoms with van der Waals surface area (Å²) < 4.78 is 5.38. The van der Waals surface area contributed by atoms with E-state index in [1.54, 1.807) is 0 Å². The molecule has 17 heavy (non-hydrogen) atoms. The third kappa shape index (κ3) is 2.62. The normalized spacial score (nSPS) is 10.2. The summed E-state index contributed by atoms with van der Waals surface area (Å²) in [4.78, 5) is 14.8. The van der Waals surface area contributed by atoms with Gasteiger partial charge in [0.25, 0.3) is 0 Å². The summed E-state index contributed by atoms with van der Waals surface area (Å²) in [5, 5.41) is 11.0. The van der Waals surface area contributed by atoms with E-state index in [-0.39, 0.29) is 5.69 Å². The van der Waals surface area contributed by atoms with Crippen molar-refractivity contribution in [3.63, 3.8) is 0 Å². The van der Waals surface area contributed by atoms with Crippen molar-refractivity contribution >= 4 is 17.3 Å². The zero-order chi connectivity index (χ0) is 12.3. The van der Waals surface area contributed by atoms with E-state index in [9.17, 15) is 4.79 Å². The van der Waals surface area contributed by atoms with Crippen molar-refractivity contribution in [2.75, 3.05) is 6.61 Å². The SMILES string of the molecule is CCOc1cccc(-c2nc(C(=O)O)cs2)c1. The van der Waals surface area contributed by atoms with Crippen LogP contribution in [0.4, 0.5) is 0 Å². The van der Waals surface area contributed by atoms with Crippen molar-refractivity contribution in [2.45, 2.75) is 6.92 Å². The van der Waals surface area contributed by atoms with Crippen LogP contribution >= 0.6 is 11.3 Å². The number of carboxylic acid groups (broad SMARTS) is 1. The smallest absolute Gasteiger partial charge is 0.355 e. The molecule has 0 aliphatic rings. The molecule has 88 valence electrons. The Balaban J connectivity index is 2.31. The molecule has 4 nitrogen and oxygen atoms in total. The first-order chi connectivity index (χ1) is 8.20. The Morgan fingerprint density at radius 2 is 2.35 bits per heavy atom. The first-order valence-electron chi connectivity index (χ1n) is 5.12. The molecule has 0 spiro atoms. The molecule has 1 aromatic carbocycles. The van der Waals surface area contributed by atoms with Crippen LogP contribution in [-0.2, 0) is 0 Å². The molecular weight excluding hydrogens is 238 g/mol. The zero-order valence-electron chi connectivity index (χ0n) is 9.21. The minimum atomic E-state index is -1.01. The highest BCUT2D eigenvalue weighted by atomic mass is 32.1. The maximum Gasteiger partial charge on any atom is 0.355 e. The Morgan fingerprint density at radius 1 is 1.53 bits per heavy atom. The van der Waals surface area contributed by atoms with E-state index in [2.05, 4.69) is 4.98 Å². The molecule has 1 N–H and O–H groups in total. The van der Waals surface area contributed by atoms with Gasteiger partial charge in [-0.1, -0.05) is 12.1 Å². The molecule has 5 heteroatoms. The lowest BCUT2D eigenvalue weighted by Gasteiger charge is -2.03. The third-order valence-electron chi connectivity index (χ3n) is 2.12. The molecule has 2 rings (SSSR count). The van der Waals surface area contributed by atoms with Gasteiger partial charge in [-0.2, -0.15) is 0 Å². The topological polar surface area (TPSA) is 59.4 Å². The Kier molecular flexibility index (Phi) is 3.39. The van der Waals surface area contributed by atoms with Crippen LogP contribution in [0.25, 0.3) is 10.6 Å². The van der Waals surface area contributed by atoms with Gasteiger partial charge in [-0.15, -0.1) is 11.3 Å². The molecule has 0 bridgehead atoms. The first-order valence-corrected chi connectivity index (χ1v) is 6.00. The van der Waals surface area contributed by atoms with Crippen molar-refractivity contribution in [2.24, 2.45) is 0 Å². The first kappa shape index (κ1) is 11.6. The number of carboxylic acids is 1. The molecule has 0 atom stereocenters. The quantitative estimate of drug-likeness (QED) is 0.905. The van der Waals surface area contributed by atoms with Gasteiger partial charge < -0.3 is 9.84 Å². The third-order valence-corrected chi connectivity index (χ3v) is 3.01. The monoisotopic (exact) mass is 249 g/mol. The summed E-state index contributed by atoms with van der Waals surface area (Å²) in [6.45, 7) is 2.51. The summed E-state index contributed by atoms with van der Waals surface area (Å²) >= 11 is 1.31. The van der Waals surface area contributed by atoms with E-state index in [0.29, 0.717) is 11.6 Å². The molecule has 1 heterocycles. The Morgan fingerprint density at radius 3 is 3.00 bits per heavy atom. The van der Waals surface area contributed by atoms with Gasteiger partial charge in [0.2, 0.25) is 0 Å². The number of benzene rings is 1. The van der Waals surface area contributed by atoms with E-state index >= 15 is 0 Å². The molecule has 0 amide bonds. The van der Waals surface area contributed by atoms with Gasteiger partial charge in [-0.25, -0.2) is 9.78 Å². The van der Waals surface area contributed by atoms with E-state index in [1.165, 1.54) is 16.7 Å². The fraction of sp³-hybridized carbons (Fsp3) is 0.167. The van der Waals surface area contributed by atoms with Gasteiger partial charge in [0.05, 0.1) is 6.61 Å². The van der Waals surface area contributed by atoms with Gasteiger partial charge in [0.1, 0.15) is 10.8 Å². The molecule has 0 saturated heterocycles. The molecule has 0 saturated carbocycles. The predicted molar refractivity (Wildman–Crippen MR) is 65.7 cm³/mol. The minimum Gasteiger partial charge on any atom is -0.494 e.